The fraction of sp³-hybridized carbons (Fsp3) is 0.533. The van der Waals surface area contributed by atoms with Gasteiger partial charge in [-0.2, -0.15) is 5.26 Å². The molecular formula is C15H19BrN2. The van der Waals surface area contributed by atoms with E-state index in [0.29, 0.717) is 6.04 Å². The minimum absolute atomic E-state index is 0.584. The van der Waals surface area contributed by atoms with Gasteiger partial charge in [-0.25, -0.2) is 0 Å². The highest BCUT2D eigenvalue weighted by molar-refractivity contribution is 9.10. The molecule has 0 N–H and O–H groups in total. The van der Waals surface area contributed by atoms with Gasteiger partial charge in [-0.05, 0) is 31.0 Å². The molecule has 0 saturated heterocycles. The molecule has 0 amide bonds. The van der Waals surface area contributed by atoms with Crippen molar-refractivity contribution in [3.05, 3.63) is 28.2 Å². The highest BCUT2D eigenvalue weighted by Crippen LogP contribution is 2.29. The second kappa shape index (κ2) is 6.24. The summed E-state index contributed by atoms with van der Waals surface area (Å²) in [5, 5.41) is 9.25. The van der Waals surface area contributed by atoms with Gasteiger partial charge in [-0.1, -0.05) is 41.6 Å². The van der Waals surface area contributed by atoms with Gasteiger partial charge in [0.2, 0.25) is 0 Å². The summed E-state index contributed by atoms with van der Waals surface area (Å²) in [6.07, 6.45) is 7.83. The van der Waals surface area contributed by atoms with Gasteiger partial charge in [0.1, 0.15) is 6.07 Å². The molecule has 0 aromatic heterocycles. The number of anilines is 1. The molecule has 1 fully saturated rings. The van der Waals surface area contributed by atoms with Gasteiger partial charge >= 0.3 is 0 Å². The van der Waals surface area contributed by atoms with Crippen LogP contribution in [-0.4, -0.2) is 13.1 Å². The number of benzene rings is 1. The van der Waals surface area contributed by atoms with E-state index in [9.17, 15) is 5.26 Å². The maximum Gasteiger partial charge on any atom is 0.101 e. The van der Waals surface area contributed by atoms with Crippen LogP contribution in [-0.2, 0) is 0 Å². The lowest BCUT2D eigenvalue weighted by Gasteiger charge is -2.30. The average Bonchev–Trinajstić information content (AvgIpc) is 2.66. The molecule has 1 aliphatic carbocycles. The molecule has 0 heterocycles. The molecule has 1 aliphatic rings. The van der Waals surface area contributed by atoms with E-state index >= 15 is 0 Å². The lowest BCUT2D eigenvalue weighted by Crippen LogP contribution is -2.31. The summed E-state index contributed by atoms with van der Waals surface area (Å²) in [7, 11) is 2.13. The molecule has 96 valence electrons. The Kier molecular flexibility index (Phi) is 4.66. The van der Waals surface area contributed by atoms with Crippen LogP contribution in [0.3, 0.4) is 0 Å². The minimum atomic E-state index is 0.584. The van der Waals surface area contributed by atoms with E-state index in [1.807, 2.05) is 18.2 Å². The Balaban J connectivity index is 2.22. The molecule has 1 aromatic carbocycles. The van der Waals surface area contributed by atoms with Gasteiger partial charge in [0, 0.05) is 17.6 Å². The van der Waals surface area contributed by atoms with Crippen LogP contribution in [0.1, 0.15) is 44.1 Å². The molecule has 1 aromatic rings. The Bertz CT molecular complexity index is 442. The van der Waals surface area contributed by atoms with E-state index in [1.54, 1.807) is 0 Å². The zero-order valence-corrected chi connectivity index (χ0v) is 12.4. The summed E-state index contributed by atoms with van der Waals surface area (Å²) in [5.41, 5.74) is 1.82. The maximum atomic E-state index is 9.25. The molecule has 0 atom stereocenters. The third kappa shape index (κ3) is 3.05. The van der Waals surface area contributed by atoms with Crippen molar-refractivity contribution in [2.24, 2.45) is 0 Å². The van der Waals surface area contributed by atoms with Gasteiger partial charge in [0.25, 0.3) is 0 Å². The Labute approximate surface area is 118 Å². The van der Waals surface area contributed by atoms with E-state index < -0.39 is 0 Å². The summed E-state index contributed by atoms with van der Waals surface area (Å²) in [6, 6.07) is 8.86. The fourth-order valence-corrected chi connectivity index (χ4v) is 3.11. The third-order valence-corrected chi connectivity index (χ3v) is 4.32. The normalized spacial score (nSPS) is 16.9. The monoisotopic (exact) mass is 306 g/mol. The zero-order chi connectivity index (χ0) is 13.0. The SMILES string of the molecule is CN(c1ccc(Br)cc1C#N)C1CCCCCC1. The van der Waals surface area contributed by atoms with Crippen molar-refractivity contribution in [2.75, 3.05) is 11.9 Å². The quantitative estimate of drug-likeness (QED) is 0.753. The number of rotatable bonds is 2. The molecule has 0 unspecified atom stereocenters. The molecule has 0 aliphatic heterocycles. The number of nitriles is 1. The van der Waals surface area contributed by atoms with Crippen LogP contribution >= 0.6 is 15.9 Å². The molecule has 0 bridgehead atoms. The summed E-state index contributed by atoms with van der Waals surface area (Å²) in [5.74, 6) is 0. The first-order chi connectivity index (χ1) is 8.72. The van der Waals surface area contributed by atoms with E-state index in [-0.39, 0.29) is 0 Å². The highest BCUT2D eigenvalue weighted by Gasteiger charge is 2.19. The van der Waals surface area contributed by atoms with Crippen LogP contribution in [0.5, 0.6) is 0 Å². The van der Waals surface area contributed by atoms with Crippen LogP contribution in [0.25, 0.3) is 0 Å². The Morgan fingerprint density at radius 2 is 1.89 bits per heavy atom. The Morgan fingerprint density at radius 1 is 1.22 bits per heavy atom. The van der Waals surface area contributed by atoms with E-state index in [1.165, 1.54) is 38.5 Å². The molecule has 3 heteroatoms. The van der Waals surface area contributed by atoms with Gasteiger partial charge in [0.05, 0.1) is 11.3 Å². The summed E-state index contributed by atoms with van der Waals surface area (Å²) >= 11 is 3.43. The van der Waals surface area contributed by atoms with Crippen molar-refractivity contribution in [3.63, 3.8) is 0 Å². The van der Waals surface area contributed by atoms with Crippen LogP contribution in [0.15, 0.2) is 22.7 Å². The number of halogens is 1. The second-order valence-corrected chi connectivity index (χ2v) is 5.95. The predicted octanol–water partition coefficient (Wildman–Crippen LogP) is 4.48. The largest absolute Gasteiger partial charge is 0.371 e. The second-order valence-electron chi connectivity index (χ2n) is 5.03. The highest BCUT2D eigenvalue weighted by atomic mass is 79.9. The fourth-order valence-electron chi connectivity index (χ4n) is 2.75. The van der Waals surface area contributed by atoms with Crippen LogP contribution in [0.4, 0.5) is 5.69 Å². The van der Waals surface area contributed by atoms with Crippen molar-refractivity contribution in [1.29, 1.82) is 5.26 Å². The summed E-state index contributed by atoms with van der Waals surface area (Å²) < 4.78 is 0.970. The molecule has 0 radical (unpaired) electrons. The van der Waals surface area contributed by atoms with Crippen molar-refractivity contribution < 1.29 is 0 Å². The minimum Gasteiger partial charge on any atom is -0.371 e. The molecular weight excluding hydrogens is 288 g/mol. The smallest absolute Gasteiger partial charge is 0.101 e. The Hall–Kier alpha value is -1.01. The van der Waals surface area contributed by atoms with E-state index in [0.717, 1.165) is 15.7 Å². The van der Waals surface area contributed by atoms with Crippen LogP contribution in [0.2, 0.25) is 0 Å². The number of hydrogen-bond donors (Lipinski definition) is 0. The third-order valence-electron chi connectivity index (χ3n) is 3.83. The predicted molar refractivity (Wildman–Crippen MR) is 78.8 cm³/mol. The molecule has 0 spiro atoms. The van der Waals surface area contributed by atoms with E-state index in [2.05, 4.69) is 33.9 Å². The first-order valence-corrected chi connectivity index (χ1v) is 7.44. The van der Waals surface area contributed by atoms with E-state index in [4.69, 9.17) is 0 Å². The van der Waals surface area contributed by atoms with Crippen molar-refractivity contribution in [1.82, 2.24) is 0 Å². The number of nitrogens with zero attached hydrogens (tertiary/aromatic N) is 2. The molecule has 2 rings (SSSR count). The van der Waals surface area contributed by atoms with Gasteiger partial charge in [-0.3, -0.25) is 0 Å². The zero-order valence-electron chi connectivity index (χ0n) is 10.8. The first-order valence-electron chi connectivity index (χ1n) is 6.65. The standard InChI is InChI=1S/C15H19BrN2/c1-18(14-6-4-2-3-5-7-14)15-9-8-13(16)10-12(15)11-17/h8-10,14H,2-7H2,1H3. The van der Waals surface area contributed by atoms with Crippen molar-refractivity contribution in [3.8, 4) is 6.07 Å². The van der Waals surface area contributed by atoms with Gasteiger partial charge < -0.3 is 4.90 Å². The van der Waals surface area contributed by atoms with Gasteiger partial charge in [-0.15, -0.1) is 0 Å². The van der Waals surface area contributed by atoms with Crippen molar-refractivity contribution >= 4 is 21.6 Å². The first kappa shape index (κ1) is 13.4. The van der Waals surface area contributed by atoms with Crippen LogP contribution < -0.4 is 4.90 Å². The lowest BCUT2D eigenvalue weighted by molar-refractivity contribution is 0.553. The average molecular weight is 307 g/mol. The molecule has 1 saturated carbocycles. The summed E-state index contributed by atoms with van der Waals surface area (Å²) in [4.78, 5) is 2.30. The maximum absolute atomic E-state index is 9.25. The Morgan fingerprint density at radius 3 is 2.50 bits per heavy atom. The molecule has 18 heavy (non-hydrogen) atoms. The summed E-state index contributed by atoms with van der Waals surface area (Å²) in [6.45, 7) is 0. The van der Waals surface area contributed by atoms with Crippen molar-refractivity contribution in [2.45, 2.75) is 44.6 Å². The number of hydrogen-bond acceptors (Lipinski definition) is 2. The lowest BCUT2D eigenvalue weighted by atomic mass is 10.1. The van der Waals surface area contributed by atoms with Gasteiger partial charge in [0.15, 0.2) is 0 Å². The van der Waals surface area contributed by atoms with Crippen LogP contribution in [0, 0.1) is 11.3 Å². The topological polar surface area (TPSA) is 27.0 Å². The molecule has 2 nitrogen and oxygen atoms in total.